The number of ether oxygens (including phenoxy) is 1. The summed E-state index contributed by atoms with van der Waals surface area (Å²) in [6.45, 7) is 5.18. The van der Waals surface area contributed by atoms with Crippen LogP contribution in [0.25, 0.3) is 0 Å². The van der Waals surface area contributed by atoms with Crippen LogP contribution in [-0.2, 0) is 21.2 Å². The Morgan fingerprint density at radius 2 is 1.85 bits per heavy atom. The molecule has 1 amide bonds. The van der Waals surface area contributed by atoms with Gasteiger partial charge in [0.15, 0.2) is 6.10 Å². The van der Waals surface area contributed by atoms with Crippen molar-refractivity contribution in [2.75, 3.05) is 40.8 Å². The van der Waals surface area contributed by atoms with Gasteiger partial charge in [0.25, 0.3) is 5.91 Å². The lowest BCUT2D eigenvalue weighted by Crippen LogP contribution is -2.46. The highest BCUT2D eigenvalue weighted by Crippen LogP contribution is 2.32. The quantitative estimate of drug-likeness (QED) is 0.603. The van der Waals surface area contributed by atoms with E-state index < -0.39 is 16.1 Å². The van der Waals surface area contributed by atoms with Crippen molar-refractivity contribution < 1.29 is 17.9 Å². The minimum Gasteiger partial charge on any atom is -0.480 e. The number of fused-ring (bicyclic) bond motifs is 1. The Bertz CT molecular complexity index is 1120. The Hall–Kier alpha value is -2.42. The van der Waals surface area contributed by atoms with Crippen LogP contribution in [0.2, 0.25) is 0 Å². The van der Waals surface area contributed by atoms with Crippen LogP contribution in [0.1, 0.15) is 36.9 Å². The molecule has 2 heterocycles. The van der Waals surface area contributed by atoms with E-state index in [-0.39, 0.29) is 16.8 Å². The Morgan fingerprint density at radius 1 is 1.12 bits per heavy atom. The molecule has 0 radical (unpaired) electrons. The Kier molecular flexibility index (Phi) is 7.31. The van der Waals surface area contributed by atoms with Crippen molar-refractivity contribution in [2.45, 2.75) is 43.2 Å². The number of hydrogen-bond donors (Lipinski definition) is 0. The van der Waals surface area contributed by atoms with Gasteiger partial charge in [-0.15, -0.1) is 0 Å². The largest absolute Gasteiger partial charge is 0.480 e. The van der Waals surface area contributed by atoms with Crippen LogP contribution in [0.4, 0.5) is 0 Å². The molecular weight excluding hydrogens is 450 g/mol. The van der Waals surface area contributed by atoms with Gasteiger partial charge in [0.2, 0.25) is 10.0 Å². The molecular formula is C26H35N3O4S. The first-order valence-electron chi connectivity index (χ1n) is 11.9. The molecule has 2 aliphatic heterocycles. The van der Waals surface area contributed by atoms with Crippen LogP contribution < -0.4 is 4.74 Å². The molecule has 0 aromatic heterocycles. The lowest BCUT2D eigenvalue weighted by atomic mass is 10.00. The van der Waals surface area contributed by atoms with Gasteiger partial charge in [0.1, 0.15) is 5.75 Å². The van der Waals surface area contributed by atoms with E-state index in [0.717, 1.165) is 30.8 Å². The third kappa shape index (κ3) is 5.14. The average molecular weight is 486 g/mol. The summed E-state index contributed by atoms with van der Waals surface area (Å²) in [4.78, 5) is 18.1. The third-order valence-corrected chi connectivity index (χ3v) is 8.78. The molecule has 0 unspecified atom stereocenters. The summed E-state index contributed by atoms with van der Waals surface area (Å²) < 4.78 is 32.2. The molecule has 0 N–H and O–H groups in total. The number of rotatable bonds is 7. The Labute approximate surface area is 203 Å². The highest BCUT2D eigenvalue weighted by Gasteiger charge is 2.34. The molecule has 0 aliphatic carbocycles. The fraction of sp³-hybridized carbons (Fsp3) is 0.500. The summed E-state index contributed by atoms with van der Waals surface area (Å²) in [6, 6.07) is 15.0. The fourth-order valence-corrected chi connectivity index (χ4v) is 5.81. The molecule has 3 atom stereocenters. The maximum Gasteiger partial charge on any atom is 0.263 e. The molecule has 0 spiro atoms. The molecule has 7 nitrogen and oxygen atoms in total. The fourth-order valence-electron chi connectivity index (χ4n) is 4.85. The first kappa shape index (κ1) is 24.7. The maximum atomic E-state index is 13.6. The van der Waals surface area contributed by atoms with E-state index in [9.17, 15) is 13.2 Å². The van der Waals surface area contributed by atoms with Crippen LogP contribution in [0.15, 0.2) is 53.4 Å². The van der Waals surface area contributed by atoms with Crippen molar-refractivity contribution in [1.29, 1.82) is 0 Å². The summed E-state index contributed by atoms with van der Waals surface area (Å²) in [5.74, 6) is 1.22. The highest BCUT2D eigenvalue weighted by atomic mass is 32.2. The number of benzene rings is 2. The van der Waals surface area contributed by atoms with Gasteiger partial charge in [-0.05, 0) is 61.1 Å². The summed E-state index contributed by atoms with van der Waals surface area (Å²) in [5.41, 5.74) is 1.94. The molecule has 4 rings (SSSR count). The second-order valence-electron chi connectivity index (χ2n) is 9.73. The van der Waals surface area contributed by atoms with E-state index in [1.807, 2.05) is 30.1 Å². The van der Waals surface area contributed by atoms with E-state index in [4.69, 9.17) is 4.74 Å². The van der Waals surface area contributed by atoms with Crippen LogP contribution >= 0.6 is 0 Å². The van der Waals surface area contributed by atoms with Gasteiger partial charge >= 0.3 is 0 Å². The maximum absolute atomic E-state index is 13.6. The second kappa shape index (κ2) is 10.1. The third-order valence-electron chi connectivity index (χ3n) is 6.97. The molecule has 2 aliphatic rings. The minimum absolute atomic E-state index is 0.0447. The van der Waals surface area contributed by atoms with E-state index in [0.29, 0.717) is 24.5 Å². The summed E-state index contributed by atoms with van der Waals surface area (Å²) >= 11 is 0. The molecule has 2 aromatic carbocycles. The number of likely N-dealkylation sites (N-methyl/N-ethyl adjacent to an activating group) is 1. The Morgan fingerprint density at radius 3 is 2.50 bits per heavy atom. The van der Waals surface area contributed by atoms with Gasteiger partial charge in [-0.1, -0.05) is 37.3 Å². The zero-order valence-electron chi connectivity index (χ0n) is 20.5. The number of carbonyl (C=O) groups is 1. The summed E-state index contributed by atoms with van der Waals surface area (Å²) in [6.07, 6.45) is 1.71. The number of likely N-dealkylation sites (tertiary alicyclic amines) is 1. The lowest BCUT2D eigenvalue weighted by Gasteiger charge is -2.35. The number of nitrogens with zero attached hydrogens (tertiary/aromatic N) is 3. The molecule has 1 fully saturated rings. The van der Waals surface area contributed by atoms with Gasteiger partial charge in [-0.2, -0.15) is 0 Å². The monoisotopic (exact) mass is 485 g/mol. The average Bonchev–Trinajstić information content (AvgIpc) is 3.26. The highest BCUT2D eigenvalue weighted by molar-refractivity contribution is 7.89. The number of hydrogen-bond acceptors (Lipinski definition) is 5. The van der Waals surface area contributed by atoms with Crippen LogP contribution in [0.5, 0.6) is 5.75 Å². The molecule has 8 heteroatoms. The Balaban J connectivity index is 1.51. The van der Waals surface area contributed by atoms with Gasteiger partial charge < -0.3 is 14.5 Å². The van der Waals surface area contributed by atoms with Crippen molar-refractivity contribution in [3.63, 3.8) is 0 Å². The molecule has 0 saturated carbocycles. The number of aryl methyl sites for hydroxylation is 1. The van der Waals surface area contributed by atoms with E-state index in [1.165, 1.54) is 24.8 Å². The lowest BCUT2D eigenvalue weighted by molar-refractivity contribution is -0.140. The summed E-state index contributed by atoms with van der Waals surface area (Å²) in [5, 5.41) is 0. The van der Waals surface area contributed by atoms with E-state index in [1.54, 1.807) is 18.2 Å². The van der Waals surface area contributed by atoms with Gasteiger partial charge in [0, 0.05) is 34.2 Å². The van der Waals surface area contributed by atoms with Gasteiger partial charge in [-0.3, -0.25) is 4.79 Å². The first-order valence-corrected chi connectivity index (χ1v) is 13.4. The van der Waals surface area contributed by atoms with Crippen molar-refractivity contribution in [3.05, 3.63) is 59.7 Å². The van der Waals surface area contributed by atoms with Crippen LogP contribution in [-0.4, -0.2) is 75.3 Å². The minimum atomic E-state index is -3.51. The topological polar surface area (TPSA) is 70.2 Å². The molecule has 0 bridgehead atoms. The zero-order valence-corrected chi connectivity index (χ0v) is 21.3. The smallest absolute Gasteiger partial charge is 0.263 e. The van der Waals surface area contributed by atoms with Crippen LogP contribution in [0.3, 0.4) is 0 Å². The molecule has 184 valence electrons. The van der Waals surface area contributed by atoms with Crippen molar-refractivity contribution in [2.24, 2.45) is 5.92 Å². The van der Waals surface area contributed by atoms with E-state index in [2.05, 4.69) is 24.0 Å². The first-order chi connectivity index (χ1) is 16.2. The van der Waals surface area contributed by atoms with Crippen LogP contribution in [0, 0.1) is 5.92 Å². The zero-order chi connectivity index (χ0) is 24.5. The van der Waals surface area contributed by atoms with Gasteiger partial charge in [0.05, 0.1) is 10.9 Å². The predicted molar refractivity (Wildman–Crippen MR) is 132 cm³/mol. The summed E-state index contributed by atoms with van der Waals surface area (Å²) in [7, 11) is 1.38. The molecule has 1 saturated heterocycles. The van der Waals surface area contributed by atoms with Crippen molar-refractivity contribution >= 4 is 15.9 Å². The van der Waals surface area contributed by atoms with Gasteiger partial charge in [-0.25, -0.2) is 12.7 Å². The number of sulfonamides is 1. The number of carbonyl (C=O) groups excluding carboxylic acids is 1. The molecule has 2 aromatic rings. The molecule has 34 heavy (non-hydrogen) atoms. The second-order valence-corrected chi connectivity index (χ2v) is 11.9. The standard InChI is InChI=1S/C26H35N3O4S/c1-19-14-15-29(17-19)18-23(20-8-6-5-7-9-20)28(4)26(30)25-12-10-21-16-22(11-13-24(21)33-25)34(31,32)27(2)3/h5-9,11,13,16,19,23,25H,10,12,14-15,17-18H2,1-4H3/t19-,23+,25-/m0/s1. The SMILES string of the molecule is C[C@H]1CCN(C[C@H](c2ccccc2)N(C)C(=O)[C@@H]2CCc3cc(S(=O)(=O)N(C)C)ccc3O2)C1. The normalized spacial score (nSPS) is 21.7. The number of amides is 1. The predicted octanol–water partition coefficient (Wildman–Crippen LogP) is 3.17. The van der Waals surface area contributed by atoms with E-state index >= 15 is 0 Å². The van der Waals surface area contributed by atoms with Crippen molar-refractivity contribution in [1.82, 2.24) is 14.1 Å². The van der Waals surface area contributed by atoms with Crippen molar-refractivity contribution in [3.8, 4) is 5.75 Å².